The summed E-state index contributed by atoms with van der Waals surface area (Å²) in [6.07, 6.45) is -2.52. The Balaban J connectivity index is 2.34. The molecule has 2 N–H and O–H groups in total. The monoisotopic (exact) mass is 336 g/mol. The number of sulfonamides is 1. The summed E-state index contributed by atoms with van der Waals surface area (Å²) >= 11 is 0. The maximum absolute atomic E-state index is 12.9. The number of nitrogens with zero attached hydrogens (tertiary/aromatic N) is 1. The van der Waals surface area contributed by atoms with Crippen molar-refractivity contribution in [1.82, 2.24) is 4.90 Å². The number of likely N-dealkylation sites (tertiary alicyclic amines) is 1. The molecule has 1 aromatic rings. The maximum Gasteiger partial charge on any atom is 0.416 e. The van der Waals surface area contributed by atoms with Gasteiger partial charge in [0.25, 0.3) is 0 Å². The zero-order chi connectivity index (χ0) is 16.5. The summed E-state index contributed by atoms with van der Waals surface area (Å²) in [5, 5.41) is 4.98. The van der Waals surface area contributed by atoms with Crippen molar-refractivity contribution >= 4 is 10.0 Å². The first kappa shape index (κ1) is 17.2. The highest BCUT2D eigenvalue weighted by Crippen LogP contribution is 2.32. The van der Waals surface area contributed by atoms with Crippen LogP contribution in [0.2, 0.25) is 0 Å². The third-order valence-electron chi connectivity index (χ3n) is 3.77. The summed E-state index contributed by atoms with van der Waals surface area (Å²) in [5.41, 5.74) is -0.674. The van der Waals surface area contributed by atoms with Crippen LogP contribution in [0.4, 0.5) is 13.2 Å². The number of piperidine rings is 1. The van der Waals surface area contributed by atoms with Crippen LogP contribution in [0.1, 0.15) is 30.9 Å². The Morgan fingerprint density at radius 2 is 2.00 bits per heavy atom. The Kier molecular flexibility index (Phi) is 4.84. The molecule has 1 aliphatic rings. The molecule has 22 heavy (non-hydrogen) atoms. The minimum Gasteiger partial charge on any atom is -0.299 e. The first-order chi connectivity index (χ1) is 10.1. The fourth-order valence-corrected chi connectivity index (χ4v) is 3.38. The average Bonchev–Trinajstić information content (AvgIpc) is 2.36. The topological polar surface area (TPSA) is 63.4 Å². The molecule has 0 aromatic heterocycles. The third kappa shape index (κ3) is 4.44. The number of alkyl halides is 3. The molecule has 0 spiro atoms. The second-order valence-corrected chi connectivity index (χ2v) is 7.45. The zero-order valence-electron chi connectivity index (χ0n) is 12.2. The summed E-state index contributed by atoms with van der Waals surface area (Å²) in [5.74, 6) is 0.484. The van der Waals surface area contributed by atoms with E-state index in [1.165, 1.54) is 6.07 Å². The highest BCUT2D eigenvalue weighted by Gasteiger charge is 2.32. The first-order valence-corrected chi connectivity index (χ1v) is 8.56. The number of rotatable bonds is 3. The van der Waals surface area contributed by atoms with Crippen molar-refractivity contribution in [3.8, 4) is 0 Å². The third-order valence-corrected chi connectivity index (χ3v) is 4.66. The second-order valence-electron chi connectivity index (χ2n) is 5.89. The molecule has 2 rings (SSSR count). The molecule has 1 saturated heterocycles. The number of hydrogen-bond acceptors (Lipinski definition) is 3. The average molecular weight is 336 g/mol. The van der Waals surface area contributed by atoms with Gasteiger partial charge in [0, 0.05) is 13.1 Å². The summed E-state index contributed by atoms with van der Waals surface area (Å²) in [7, 11) is -4.18. The molecule has 124 valence electrons. The van der Waals surface area contributed by atoms with E-state index in [0.29, 0.717) is 17.5 Å². The molecule has 1 aromatic carbocycles. The smallest absolute Gasteiger partial charge is 0.299 e. The second kappa shape index (κ2) is 6.17. The fraction of sp³-hybridized carbons (Fsp3) is 0.571. The lowest BCUT2D eigenvalue weighted by Crippen LogP contribution is -2.33. The van der Waals surface area contributed by atoms with Crippen molar-refractivity contribution in [2.45, 2.75) is 37.4 Å². The Hall–Kier alpha value is -1.12. The van der Waals surface area contributed by atoms with Crippen LogP contribution in [0.25, 0.3) is 0 Å². The lowest BCUT2D eigenvalue weighted by atomic mass is 9.99. The van der Waals surface area contributed by atoms with E-state index in [1.807, 2.05) is 4.90 Å². The van der Waals surface area contributed by atoms with Gasteiger partial charge < -0.3 is 0 Å². The quantitative estimate of drug-likeness (QED) is 0.923. The van der Waals surface area contributed by atoms with Crippen LogP contribution in [-0.4, -0.2) is 26.4 Å². The van der Waals surface area contributed by atoms with Crippen molar-refractivity contribution in [2.75, 3.05) is 13.1 Å². The molecule has 1 heterocycles. The van der Waals surface area contributed by atoms with Crippen LogP contribution >= 0.6 is 0 Å². The van der Waals surface area contributed by atoms with Gasteiger partial charge in [-0.15, -0.1) is 0 Å². The van der Waals surface area contributed by atoms with Crippen molar-refractivity contribution in [3.05, 3.63) is 29.3 Å². The van der Waals surface area contributed by atoms with Crippen molar-refractivity contribution in [1.29, 1.82) is 0 Å². The van der Waals surface area contributed by atoms with Crippen LogP contribution in [0.3, 0.4) is 0 Å². The number of halogens is 3. The van der Waals surface area contributed by atoms with E-state index in [0.717, 1.165) is 32.0 Å². The number of benzene rings is 1. The number of primary sulfonamides is 1. The molecule has 4 nitrogen and oxygen atoms in total. The summed E-state index contributed by atoms with van der Waals surface area (Å²) in [6.45, 7) is 3.97. The highest BCUT2D eigenvalue weighted by atomic mass is 32.2. The van der Waals surface area contributed by atoms with E-state index in [1.54, 1.807) is 0 Å². The molecular weight excluding hydrogens is 317 g/mol. The highest BCUT2D eigenvalue weighted by molar-refractivity contribution is 7.89. The predicted molar refractivity (Wildman–Crippen MR) is 76.5 cm³/mol. The molecule has 0 bridgehead atoms. The van der Waals surface area contributed by atoms with E-state index in [9.17, 15) is 21.6 Å². The van der Waals surface area contributed by atoms with Gasteiger partial charge in [-0.05, 0) is 49.1 Å². The molecule has 1 aliphatic heterocycles. The first-order valence-electron chi connectivity index (χ1n) is 7.02. The Bertz CT molecular complexity index is 644. The minimum absolute atomic E-state index is 0.288. The van der Waals surface area contributed by atoms with Crippen molar-refractivity contribution < 1.29 is 21.6 Å². The van der Waals surface area contributed by atoms with Crippen LogP contribution in [-0.2, 0) is 22.7 Å². The molecule has 0 unspecified atom stereocenters. The molecule has 0 radical (unpaired) electrons. The molecular formula is C14H19F3N2O2S. The van der Waals surface area contributed by atoms with Crippen LogP contribution < -0.4 is 5.14 Å². The van der Waals surface area contributed by atoms with Gasteiger partial charge in [-0.25, -0.2) is 13.6 Å². The maximum atomic E-state index is 12.9. The fourth-order valence-electron chi connectivity index (χ4n) is 2.77. The molecule has 0 amide bonds. The normalized spacial score (nSPS) is 21.0. The molecule has 8 heteroatoms. The van der Waals surface area contributed by atoms with E-state index in [2.05, 4.69) is 6.92 Å². The van der Waals surface area contributed by atoms with Crippen LogP contribution in [0, 0.1) is 5.92 Å². The SMILES string of the molecule is C[C@H]1CCCN(Cc2cc(C(F)(F)F)cc(S(N)(=O)=O)c2)C1. The van der Waals surface area contributed by atoms with E-state index in [-0.39, 0.29) is 6.54 Å². The van der Waals surface area contributed by atoms with Gasteiger partial charge in [0.15, 0.2) is 0 Å². The lowest BCUT2D eigenvalue weighted by Gasteiger charge is -2.31. The van der Waals surface area contributed by atoms with Gasteiger partial charge in [-0.3, -0.25) is 4.90 Å². The lowest BCUT2D eigenvalue weighted by molar-refractivity contribution is -0.137. The van der Waals surface area contributed by atoms with Gasteiger partial charge in [0.05, 0.1) is 10.5 Å². The van der Waals surface area contributed by atoms with E-state index in [4.69, 9.17) is 5.14 Å². The molecule has 1 atom stereocenters. The van der Waals surface area contributed by atoms with Gasteiger partial charge in [0.2, 0.25) is 10.0 Å². The van der Waals surface area contributed by atoms with Gasteiger partial charge in [-0.2, -0.15) is 13.2 Å². The van der Waals surface area contributed by atoms with Gasteiger partial charge in [-0.1, -0.05) is 6.92 Å². The zero-order valence-corrected chi connectivity index (χ0v) is 13.0. The summed E-state index contributed by atoms with van der Waals surface area (Å²) in [4.78, 5) is 1.54. The van der Waals surface area contributed by atoms with Crippen molar-refractivity contribution in [2.24, 2.45) is 11.1 Å². The number of nitrogens with two attached hydrogens (primary N) is 1. The Morgan fingerprint density at radius 1 is 1.32 bits per heavy atom. The minimum atomic E-state index is -4.61. The van der Waals surface area contributed by atoms with Crippen LogP contribution in [0.15, 0.2) is 23.1 Å². The predicted octanol–water partition coefficient (Wildman–Crippen LogP) is 2.58. The summed E-state index contributed by atoms with van der Waals surface area (Å²) < 4.78 is 61.6. The molecule has 1 fully saturated rings. The standard InChI is InChI=1S/C14H19F3N2O2S/c1-10-3-2-4-19(8-10)9-11-5-12(14(15,16)17)7-13(6-11)22(18,20)21/h5-7,10H,2-4,8-9H2,1H3,(H2,18,20,21)/t10-/m0/s1. The summed E-state index contributed by atoms with van der Waals surface area (Å²) in [6, 6.07) is 2.80. The Morgan fingerprint density at radius 3 is 2.55 bits per heavy atom. The van der Waals surface area contributed by atoms with Gasteiger partial charge in [0.1, 0.15) is 0 Å². The largest absolute Gasteiger partial charge is 0.416 e. The van der Waals surface area contributed by atoms with Gasteiger partial charge >= 0.3 is 6.18 Å². The molecule has 0 aliphatic carbocycles. The van der Waals surface area contributed by atoms with E-state index < -0.39 is 26.7 Å². The van der Waals surface area contributed by atoms with Crippen LogP contribution in [0.5, 0.6) is 0 Å². The van der Waals surface area contributed by atoms with E-state index >= 15 is 0 Å². The number of hydrogen-bond donors (Lipinski definition) is 1. The Labute approximate surface area is 128 Å². The van der Waals surface area contributed by atoms with Crippen molar-refractivity contribution in [3.63, 3.8) is 0 Å². The molecule has 0 saturated carbocycles.